The monoisotopic (exact) mass is 273 g/mol. The maximum atomic E-state index is 10.7. The summed E-state index contributed by atoms with van der Waals surface area (Å²) < 4.78 is 5.71. The third-order valence-electron chi connectivity index (χ3n) is 3.50. The van der Waals surface area contributed by atoms with Crippen molar-refractivity contribution in [2.45, 2.75) is 25.7 Å². The van der Waals surface area contributed by atoms with Gasteiger partial charge in [0, 0.05) is 31.4 Å². The minimum atomic E-state index is 0.221. The van der Waals surface area contributed by atoms with Crippen molar-refractivity contribution >= 4 is 6.41 Å². The van der Waals surface area contributed by atoms with Gasteiger partial charge in [-0.05, 0) is 19.8 Å². The number of hydrogen-bond acceptors (Lipinski definition) is 6. The molecule has 7 heteroatoms. The fourth-order valence-corrected chi connectivity index (χ4v) is 2.27. The van der Waals surface area contributed by atoms with Crippen molar-refractivity contribution < 1.29 is 9.21 Å². The smallest absolute Gasteiger partial charge is 0.250 e. The average molecular weight is 273 g/mol. The predicted octanol–water partition coefficient (Wildman–Crippen LogP) is 1.17. The summed E-state index contributed by atoms with van der Waals surface area (Å²) in [6, 6.07) is 0. The van der Waals surface area contributed by atoms with E-state index in [0.29, 0.717) is 17.6 Å². The van der Waals surface area contributed by atoms with Crippen molar-refractivity contribution in [3.8, 4) is 11.5 Å². The Hall–Kier alpha value is -2.31. The fraction of sp³-hybridized carbons (Fsp3) is 0.462. The second-order valence-corrected chi connectivity index (χ2v) is 4.88. The van der Waals surface area contributed by atoms with Gasteiger partial charge in [-0.2, -0.15) is 0 Å². The number of rotatable bonds is 3. The van der Waals surface area contributed by atoms with E-state index in [1.165, 1.54) is 0 Å². The van der Waals surface area contributed by atoms with Crippen LogP contribution in [0.15, 0.2) is 16.8 Å². The van der Waals surface area contributed by atoms with E-state index in [0.717, 1.165) is 37.9 Å². The summed E-state index contributed by atoms with van der Waals surface area (Å²) in [4.78, 5) is 20.7. The average Bonchev–Trinajstić information content (AvgIpc) is 2.98. The van der Waals surface area contributed by atoms with Crippen LogP contribution < -0.4 is 0 Å². The molecule has 0 spiro atoms. The van der Waals surface area contributed by atoms with Crippen molar-refractivity contribution in [1.82, 2.24) is 25.1 Å². The SMILES string of the molecule is Cc1ncc(-c2nnc(C3CCN(C=O)CC3)o2)cn1. The molecule has 0 bridgehead atoms. The van der Waals surface area contributed by atoms with Crippen LogP contribution in [0.2, 0.25) is 0 Å². The molecule has 2 aromatic heterocycles. The quantitative estimate of drug-likeness (QED) is 0.780. The number of piperidine rings is 1. The summed E-state index contributed by atoms with van der Waals surface area (Å²) in [5.41, 5.74) is 0.722. The molecule has 1 aliphatic heterocycles. The molecule has 3 rings (SSSR count). The highest BCUT2D eigenvalue weighted by Gasteiger charge is 2.24. The molecule has 1 saturated heterocycles. The molecule has 1 fully saturated rings. The standard InChI is InChI=1S/C13H15N5O2/c1-9-14-6-11(7-15-9)13-17-16-12(20-13)10-2-4-18(8-19)5-3-10/h6-8,10H,2-5H2,1H3. The van der Waals surface area contributed by atoms with E-state index in [2.05, 4.69) is 20.2 Å². The number of aryl methyl sites for hydroxylation is 1. The largest absolute Gasteiger partial charge is 0.420 e. The Bertz CT molecular complexity index is 587. The number of carbonyl (C=O) groups is 1. The van der Waals surface area contributed by atoms with Crippen molar-refractivity contribution in [2.24, 2.45) is 0 Å². The van der Waals surface area contributed by atoms with Crippen LogP contribution in [0.3, 0.4) is 0 Å². The van der Waals surface area contributed by atoms with Gasteiger partial charge in [0.1, 0.15) is 5.82 Å². The second-order valence-electron chi connectivity index (χ2n) is 4.88. The Labute approximate surface area is 116 Å². The molecule has 7 nitrogen and oxygen atoms in total. The van der Waals surface area contributed by atoms with Gasteiger partial charge in [-0.1, -0.05) is 0 Å². The summed E-state index contributed by atoms with van der Waals surface area (Å²) in [6.45, 7) is 3.29. The minimum absolute atomic E-state index is 0.221. The van der Waals surface area contributed by atoms with E-state index < -0.39 is 0 Å². The van der Waals surface area contributed by atoms with Crippen molar-refractivity contribution in [2.75, 3.05) is 13.1 Å². The summed E-state index contributed by atoms with van der Waals surface area (Å²) in [7, 11) is 0. The predicted molar refractivity (Wildman–Crippen MR) is 69.7 cm³/mol. The van der Waals surface area contributed by atoms with Gasteiger partial charge in [0.25, 0.3) is 5.89 Å². The maximum absolute atomic E-state index is 10.7. The van der Waals surface area contributed by atoms with Crippen molar-refractivity contribution in [3.63, 3.8) is 0 Å². The summed E-state index contributed by atoms with van der Waals surface area (Å²) in [5.74, 6) is 2.00. The van der Waals surface area contributed by atoms with E-state index in [1.807, 2.05) is 6.92 Å². The third-order valence-corrected chi connectivity index (χ3v) is 3.50. The molecule has 2 aromatic rings. The summed E-state index contributed by atoms with van der Waals surface area (Å²) in [5, 5.41) is 8.16. The first-order valence-corrected chi connectivity index (χ1v) is 6.58. The Balaban J connectivity index is 1.74. The van der Waals surface area contributed by atoms with Crippen LogP contribution in [0.1, 0.15) is 30.5 Å². The zero-order chi connectivity index (χ0) is 13.9. The van der Waals surface area contributed by atoms with Gasteiger partial charge < -0.3 is 9.32 Å². The van der Waals surface area contributed by atoms with E-state index >= 15 is 0 Å². The molecule has 0 aliphatic carbocycles. The number of hydrogen-bond donors (Lipinski definition) is 0. The molecule has 1 aliphatic rings. The fourth-order valence-electron chi connectivity index (χ4n) is 2.27. The lowest BCUT2D eigenvalue weighted by atomic mass is 9.97. The van der Waals surface area contributed by atoms with Gasteiger partial charge in [-0.3, -0.25) is 4.79 Å². The van der Waals surface area contributed by atoms with E-state index in [1.54, 1.807) is 17.3 Å². The summed E-state index contributed by atoms with van der Waals surface area (Å²) in [6.07, 6.45) is 5.94. The Morgan fingerprint density at radius 3 is 2.60 bits per heavy atom. The molecule has 1 amide bonds. The highest BCUT2D eigenvalue weighted by atomic mass is 16.4. The van der Waals surface area contributed by atoms with Gasteiger partial charge in [0.05, 0.1) is 5.56 Å². The van der Waals surface area contributed by atoms with Gasteiger partial charge in [0.15, 0.2) is 0 Å². The summed E-state index contributed by atoms with van der Waals surface area (Å²) >= 11 is 0. The molecule has 0 atom stereocenters. The molecule has 3 heterocycles. The van der Waals surface area contributed by atoms with Crippen LogP contribution in [0, 0.1) is 6.92 Å². The zero-order valence-corrected chi connectivity index (χ0v) is 11.2. The first-order chi connectivity index (χ1) is 9.76. The first kappa shape index (κ1) is 12.7. The molecule has 20 heavy (non-hydrogen) atoms. The number of aromatic nitrogens is 4. The van der Waals surface area contributed by atoms with Crippen LogP contribution in [-0.4, -0.2) is 44.6 Å². The van der Waals surface area contributed by atoms with Crippen LogP contribution in [0.4, 0.5) is 0 Å². The van der Waals surface area contributed by atoms with Crippen LogP contribution in [0.5, 0.6) is 0 Å². The van der Waals surface area contributed by atoms with Gasteiger partial charge in [-0.15, -0.1) is 10.2 Å². The second kappa shape index (κ2) is 5.36. The zero-order valence-electron chi connectivity index (χ0n) is 11.2. The Kier molecular flexibility index (Phi) is 3.41. The molecular weight excluding hydrogens is 258 g/mol. The lowest BCUT2D eigenvalue weighted by molar-refractivity contribution is -0.119. The Morgan fingerprint density at radius 1 is 1.25 bits per heavy atom. The number of likely N-dealkylation sites (tertiary alicyclic amines) is 1. The first-order valence-electron chi connectivity index (χ1n) is 6.58. The van der Waals surface area contributed by atoms with Crippen molar-refractivity contribution in [1.29, 1.82) is 0 Å². The third kappa shape index (κ3) is 2.52. The lowest BCUT2D eigenvalue weighted by Crippen LogP contribution is -2.31. The molecule has 0 saturated carbocycles. The number of nitrogens with zero attached hydrogens (tertiary/aromatic N) is 5. The van der Waals surface area contributed by atoms with E-state index in [-0.39, 0.29) is 5.92 Å². The molecule has 0 aromatic carbocycles. The maximum Gasteiger partial charge on any atom is 0.250 e. The molecular formula is C13H15N5O2. The molecule has 0 radical (unpaired) electrons. The van der Waals surface area contributed by atoms with Crippen molar-refractivity contribution in [3.05, 3.63) is 24.1 Å². The highest BCUT2D eigenvalue weighted by molar-refractivity contribution is 5.49. The lowest BCUT2D eigenvalue weighted by Gasteiger charge is -2.26. The van der Waals surface area contributed by atoms with Gasteiger partial charge in [-0.25, -0.2) is 9.97 Å². The molecule has 0 N–H and O–H groups in total. The minimum Gasteiger partial charge on any atom is -0.420 e. The number of amides is 1. The molecule has 0 unspecified atom stereocenters. The topological polar surface area (TPSA) is 85.0 Å². The van der Waals surface area contributed by atoms with E-state index in [4.69, 9.17) is 4.42 Å². The Morgan fingerprint density at radius 2 is 1.95 bits per heavy atom. The van der Waals surface area contributed by atoms with Gasteiger partial charge in [0.2, 0.25) is 12.3 Å². The van der Waals surface area contributed by atoms with Gasteiger partial charge >= 0.3 is 0 Å². The van der Waals surface area contributed by atoms with E-state index in [9.17, 15) is 4.79 Å². The van der Waals surface area contributed by atoms with Crippen LogP contribution in [-0.2, 0) is 4.79 Å². The van der Waals surface area contributed by atoms with Crippen LogP contribution in [0.25, 0.3) is 11.5 Å². The highest BCUT2D eigenvalue weighted by Crippen LogP contribution is 2.28. The van der Waals surface area contributed by atoms with Crippen LogP contribution >= 0.6 is 0 Å². The number of carbonyl (C=O) groups excluding carboxylic acids is 1. The normalized spacial score (nSPS) is 16.4. The molecule has 104 valence electrons.